The summed E-state index contributed by atoms with van der Waals surface area (Å²) in [6.45, 7) is 0. The second-order valence-corrected chi connectivity index (χ2v) is 2.06. The van der Waals surface area contributed by atoms with E-state index in [1.165, 1.54) is 0 Å². The second-order valence-electron chi connectivity index (χ2n) is 2.06. The fourth-order valence-corrected chi connectivity index (χ4v) is 0.601. The maximum absolute atomic E-state index is 12.0. The average molecular weight is 178 g/mol. The first-order chi connectivity index (χ1) is 4.65. The van der Waals surface area contributed by atoms with Gasteiger partial charge in [0.1, 0.15) is 0 Å². The SMILES string of the molecule is O=C1C(F)(F)C1(F)C(F)(F)F. The Morgan fingerprint density at radius 3 is 1.36 bits per heavy atom. The van der Waals surface area contributed by atoms with E-state index in [9.17, 15) is 31.1 Å². The van der Waals surface area contributed by atoms with Crippen LogP contribution < -0.4 is 0 Å². The van der Waals surface area contributed by atoms with Crippen LogP contribution in [0.5, 0.6) is 0 Å². The normalized spacial score (nSPS) is 35.6. The van der Waals surface area contributed by atoms with Crippen molar-refractivity contribution in [3.05, 3.63) is 0 Å². The van der Waals surface area contributed by atoms with E-state index in [1.807, 2.05) is 0 Å². The fourth-order valence-electron chi connectivity index (χ4n) is 0.601. The number of halogens is 6. The van der Waals surface area contributed by atoms with Gasteiger partial charge in [-0.05, 0) is 0 Å². The molecular formula is C4F6O. The maximum Gasteiger partial charge on any atom is 0.436 e. The Labute approximate surface area is 56.0 Å². The Hall–Kier alpha value is -0.750. The number of Topliss-reactive ketones (excluding diaryl/α,β-unsaturated/α-hetero) is 1. The summed E-state index contributed by atoms with van der Waals surface area (Å²) in [6, 6.07) is 0. The molecule has 0 aromatic heterocycles. The van der Waals surface area contributed by atoms with Crippen molar-refractivity contribution in [2.45, 2.75) is 17.8 Å². The molecule has 1 atom stereocenters. The molecule has 0 aromatic rings. The van der Waals surface area contributed by atoms with Gasteiger partial charge in [0.15, 0.2) is 0 Å². The average Bonchev–Trinajstić information content (AvgIpc) is 2.14. The van der Waals surface area contributed by atoms with Gasteiger partial charge in [-0.3, -0.25) is 4.79 Å². The van der Waals surface area contributed by atoms with Gasteiger partial charge in [0.05, 0.1) is 0 Å². The van der Waals surface area contributed by atoms with Crippen molar-refractivity contribution < 1.29 is 31.1 Å². The molecule has 0 amide bonds. The highest BCUT2D eigenvalue weighted by atomic mass is 19.4. The van der Waals surface area contributed by atoms with Crippen LogP contribution in [0, 0.1) is 0 Å². The number of ketones is 1. The summed E-state index contributed by atoms with van der Waals surface area (Å²) in [4.78, 5) is 9.66. The van der Waals surface area contributed by atoms with Crippen LogP contribution in [0.25, 0.3) is 0 Å². The largest absolute Gasteiger partial charge is 0.436 e. The van der Waals surface area contributed by atoms with E-state index in [4.69, 9.17) is 0 Å². The summed E-state index contributed by atoms with van der Waals surface area (Å²) in [5, 5.41) is 0. The molecule has 0 saturated heterocycles. The van der Waals surface area contributed by atoms with Crippen LogP contribution in [0.15, 0.2) is 0 Å². The molecule has 0 radical (unpaired) electrons. The second kappa shape index (κ2) is 1.54. The van der Waals surface area contributed by atoms with Gasteiger partial charge in [0, 0.05) is 0 Å². The fraction of sp³-hybridized carbons (Fsp3) is 0.750. The van der Waals surface area contributed by atoms with Crippen molar-refractivity contribution in [3.8, 4) is 0 Å². The monoisotopic (exact) mass is 178 g/mol. The third kappa shape index (κ3) is 0.655. The van der Waals surface area contributed by atoms with E-state index < -0.39 is 23.6 Å². The van der Waals surface area contributed by atoms with Gasteiger partial charge in [-0.15, -0.1) is 0 Å². The van der Waals surface area contributed by atoms with Gasteiger partial charge < -0.3 is 0 Å². The van der Waals surface area contributed by atoms with Gasteiger partial charge in [-0.2, -0.15) is 22.0 Å². The highest BCUT2D eigenvalue weighted by Gasteiger charge is 2.95. The molecule has 0 spiro atoms. The lowest BCUT2D eigenvalue weighted by molar-refractivity contribution is -0.216. The molecule has 1 aliphatic carbocycles. The summed E-state index contributed by atoms with van der Waals surface area (Å²) >= 11 is 0. The highest BCUT2D eigenvalue weighted by molar-refractivity contribution is 6.13. The van der Waals surface area contributed by atoms with Gasteiger partial charge in [-0.1, -0.05) is 0 Å². The lowest BCUT2D eigenvalue weighted by atomic mass is 10.3. The van der Waals surface area contributed by atoms with Crippen molar-refractivity contribution in [3.63, 3.8) is 0 Å². The minimum atomic E-state index is -5.81. The van der Waals surface area contributed by atoms with Crippen LogP contribution in [0.2, 0.25) is 0 Å². The number of rotatable bonds is 0. The van der Waals surface area contributed by atoms with Crippen LogP contribution in [0.1, 0.15) is 0 Å². The Balaban J connectivity index is 3.01. The molecule has 0 bridgehead atoms. The van der Waals surface area contributed by atoms with E-state index in [-0.39, 0.29) is 0 Å². The van der Waals surface area contributed by atoms with E-state index in [2.05, 4.69) is 0 Å². The minimum Gasteiger partial charge on any atom is -0.288 e. The zero-order chi connectivity index (χ0) is 9.08. The molecule has 1 unspecified atom stereocenters. The van der Waals surface area contributed by atoms with E-state index in [1.54, 1.807) is 0 Å². The van der Waals surface area contributed by atoms with Gasteiger partial charge in [-0.25, -0.2) is 4.39 Å². The highest BCUT2D eigenvalue weighted by Crippen LogP contribution is 2.60. The first-order valence-corrected chi connectivity index (χ1v) is 2.34. The maximum atomic E-state index is 12.0. The molecule has 64 valence electrons. The van der Waals surface area contributed by atoms with Crippen molar-refractivity contribution >= 4 is 5.78 Å². The smallest absolute Gasteiger partial charge is 0.288 e. The standard InChI is InChI=1S/C4F6O/c5-2(4(8,9)10)1(11)3(2,6)7. The van der Waals surface area contributed by atoms with Crippen LogP contribution in [-0.4, -0.2) is 23.6 Å². The molecular weight excluding hydrogens is 178 g/mol. The molecule has 11 heavy (non-hydrogen) atoms. The number of carbonyl (C=O) groups excluding carboxylic acids is 1. The van der Waals surface area contributed by atoms with Crippen LogP contribution in [-0.2, 0) is 4.79 Å². The third-order valence-corrected chi connectivity index (χ3v) is 1.36. The Morgan fingerprint density at radius 1 is 1.09 bits per heavy atom. The quantitative estimate of drug-likeness (QED) is 0.513. The lowest BCUT2D eigenvalue weighted by Crippen LogP contribution is -2.33. The summed E-state index contributed by atoms with van der Waals surface area (Å²) in [7, 11) is 0. The zero-order valence-corrected chi connectivity index (χ0v) is 4.68. The van der Waals surface area contributed by atoms with Crippen molar-refractivity contribution in [1.82, 2.24) is 0 Å². The van der Waals surface area contributed by atoms with Crippen molar-refractivity contribution in [1.29, 1.82) is 0 Å². The summed E-state index contributed by atoms with van der Waals surface area (Å²) in [5.41, 5.74) is -4.93. The van der Waals surface area contributed by atoms with Gasteiger partial charge in [0.25, 0.3) is 5.78 Å². The molecule has 1 saturated carbocycles. The molecule has 0 heterocycles. The van der Waals surface area contributed by atoms with Gasteiger partial charge in [0.2, 0.25) is 0 Å². The molecule has 7 heteroatoms. The van der Waals surface area contributed by atoms with Crippen LogP contribution in [0.3, 0.4) is 0 Å². The lowest BCUT2D eigenvalue weighted by Gasteiger charge is -2.07. The Bertz CT molecular complexity index is 217. The topological polar surface area (TPSA) is 17.1 Å². The molecule has 0 aromatic carbocycles. The Kier molecular flexibility index (Phi) is 1.17. The molecule has 1 rings (SSSR count). The summed E-state index contributed by atoms with van der Waals surface area (Å²) in [5.74, 6) is -7.59. The summed E-state index contributed by atoms with van der Waals surface area (Å²) < 4.78 is 69.1. The number of carbonyl (C=O) groups is 1. The predicted molar refractivity (Wildman–Crippen MR) is 19.8 cm³/mol. The Morgan fingerprint density at radius 2 is 1.36 bits per heavy atom. The molecule has 1 aliphatic rings. The molecule has 1 nitrogen and oxygen atoms in total. The zero-order valence-electron chi connectivity index (χ0n) is 4.68. The first kappa shape index (κ1) is 8.35. The number of hydrogen-bond donors (Lipinski definition) is 0. The minimum absolute atomic E-state index is 2.71. The predicted octanol–water partition coefficient (Wildman–Crippen LogP) is 1.48. The van der Waals surface area contributed by atoms with Crippen LogP contribution >= 0.6 is 0 Å². The van der Waals surface area contributed by atoms with E-state index in [0.717, 1.165) is 0 Å². The van der Waals surface area contributed by atoms with Crippen molar-refractivity contribution in [2.75, 3.05) is 0 Å². The van der Waals surface area contributed by atoms with Crippen molar-refractivity contribution in [2.24, 2.45) is 0 Å². The van der Waals surface area contributed by atoms with E-state index >= 15 is 0 Å². The number of alkyl halides is 6. The molecule has 0 N–H and O–H groups in total. The number of hydrogen-bond acceptors (Lipinski definition) is 1. The van der Waals surface area contributed by atoms with E-state index in [0.29, 0.717) is 0 Å². The third-order valence-electron chi connectivity index (χ3n) is 1.36. The summed E-state index contributed by atoms with van der Waals surface area (Å²) in [6.07, 6.45) is -5.81. The molecule has 1 fully saturated rings. The first-order valence-electron chi connectivity index (χ1n) is 2.34. The van der Waals surface area contributed by atoms with Crippen LogP contribution in [0.4, 0.5) is 26.3 Å². The molecule has 0 aliphatic heterocycles. The van der Waals surface area contributed by atoms with Gasteiger partial charge >= 0.3 is 17.8 Å².